The molecule has 2 amide bonds. The Morgan fingerprint density at radius 2 is 1.50 bits per heavy atom. The van der Waals surface area contributed by atoms with Gasteiger partial charge in [-0.05, 0) is 47.7 Å². The lowest BCUT2D eigenvalue weighted by Gasteiger charge is -2.30. The number of thioether (sulfide) groups is 1. The molecule has 3 atom stereocenters. The second-order valence-electron chi connectivity index (χ2n) is 10.8. The SMILES string of the molecule is COC(=O)NC(C(=O)Nc1ccccc1CCC1CNC(CSc2ccccc2)CO1)C(c1ccccc1)c1ccccc1. The third-order valence-corrected chi connectivity index (χ3v) is 8.94. The predicted octanol–water partition coefficient (Wildman–Crippen LogP) is 6.26. The smallest absolute Gasteiger partial charge is 0.407 e. The summed E-state index contributed by atoms with van der Waals surface area (Å²) in [5.41, 5.74) is 3.55. The van der Waals surface area contributed by atoms with E-state index in [1.54, 1.807) is 0 Å². The zero-order chi connectivity index (χ0) is 30.6. The van der Waals surface area contributed by atoms with Crippen molar-refractivity contribution in [3.8, 4) is 0 Å². The van der Waals surface area contributed by atoms with Crippen molar-refractivity contribution in [3.05, 3.63) is 132 Å². The molecule has 1 aliphatic rings. The molecule has 0 spiro atoms. The molecule has 0 aromatic heterocycles. The highest BCUT2D eigenvalue weighted by atomic mass is 32.2. The van der Waals surface area contributed by atoms with E-state index in [1.165, 1.54) is 12.0 Å². The van der Waals surface area contributed by atoms with Crippen LogP contribution in [0.5, 0.6) is 0 Å². The van der Waals surface area contributed by atoms with E-state index in [0.29, 0.717) is 12.6 Å². The summed E-state index contributed by atoms with van der Waals surface area (Å²) in [5.74, 6) is 0.201. The topological polar surface area (TPSA) is 88.7 Å². The van der Waals surface area contributed by atoms with Crippen LogP contribution in [0, 0.1) is 0 Å². The van der Waals surface area contributed by atoms with Crippen molar-refractivity contribution in [2.45, 2.75) is 41.8 Å². The molecule has 228 valence electrons. The Bertz CT molecular complexity index is 1430. The van der Waals surface area contributed by atoms with E-state index in [1.807, 2.05) is 103 Å². The zero-order valence-corrected chi connectivity index (χ0v) is 25.7. The lowest BCUT2D eigenvalue weighted by molar-refractivity contribution is -0.118. The average molecular weight is 610 g/mol. The number of benzene rings is 4. The van der Waals surface area contributed by atoms with Gasteiger partial charge in [0.2, 0.25) is 5.91 Å². The van der Waals surface area contributed by atoms with E-state index >= 15 is 0 Å². The third kappa shape index (κ3) is 8.72. The van der Waals surface area contributed by atoms with E-state index in [2.05, 4.69) is 40.2 Å². The second kappa shape index (κ2) is 16.1. The van der Waals surface area contributed by atoms with Crippen LogP contribution in [0.1, 0.15) is 29.0 Å². The minimum absolute atomic E-state index is 0.0889. The molecule has 0 bridgehead atoms. The molecule has 4 aromatic carbocycles. The van der Waals surface area contributed by atoms with Gasteiger partial charge in [0, 0.05) is 34.8 Å². The summed E-state index contributed by atoms with van der Waals surface area (Å²) in [5, 5.41) is 9.56. The largest absolute Gasteiger partial charge is 0.453 e. The number of morpholine rings is 1. The van der Waals surface area contributed by atoms with Crippen LogP contribution in [-0.4, -0.2) is 56.2 Å². The fraction of sp³-hybridized carbons (Fsp3) is 0.278. The molecule has 7 nitrogen and oxygen atoms in total. The van der Waals surface area contributed by atoms with E-state index in [9.17, 15) is 9.59 Å². The van der Waals surface area contributed by atoms with Gasteiger partial charge >= 0.3 is 6.09 Å². The highest BCUT2D eigenvalue weighted by Crippen LogP contribution is 2.30. The number of carbonyl (C=O) groups excluding carboxylic acids is 2. The van der Waals surface area contributed by atoms with Crippen molar-refractivity contribution >= 4 is 29.4 Å². The number of hydrogen-bond acceptors (Lipinski definition) is 6. The first-order chi connectivity index (χ1) is 21.6. The van der Waals surface area contributed by atoms with Crippen LogP contribution < -0.4 is 16.0 Å². The van der Waals surface area contributed by atoms with Gasteiger partial charge in [-0.1, -0.05) is 97.1 Å². The number of hydrogen-bond donors (Lipinski definition) is 3. The molecule has 0 radical (unpaired) electrons. The van der Waals surface area contributed by atoms with Crippen LogP contribution in [0.3, 0.4) is 0 Å². The molecule has 0 aliphatic carbocycles. The van der Waals surface area contributed by atoms with Gasteiger partial charge in [0.25, 0.3) is 0 Å². The standard InChI is InChI=1S/C36H39N3O4S/c1-42-36(41)39-34(33(27-14-5-2-6-15-27)28-16-7-3-8-17-28)35(40)38-32-20-12-11-13-26(32)21-22-30-23-37-29(24-43-30)25-44-31-18-9-4-10-19-31/h2-20,29-30,33-34,37H,21-25H2,1H3,(H,38,40)(H,39,41). The van der Waals surface area contributed by atoms with Gasteiger partial charge in [-0.15, -0.1) is 11.8 Å². The summed E-state index contributed by atoms with van der Waals surface area (Å²) >= 11 is 1.84. The fourth-order valence-corrected chi connectivity index (χ4v) is 6.40. The number of nitrogens with one attached hydrogen (secondary N) is 3. The first-order valence-electron chi connectivity index (χ1n) is 15.0. The molecule has 1 saturated heterocycles. The molecule has 1 fully saturated rings. The van der Waals surface area contributed by atoms with E-state index < -0.39 is 18.1 Å². The number of methoxy groups -OCH3 is 1. The van der Waals surface area contributed by atoms with Gasteiger partial charge in [0.05, 0.1) is 19.8 Å². The van der Waals surface area contributed by atoms with Crippen LogP contribution in [-0.2, 0) is 20.7 Å². The number of anilines is 1. The number of ether oxygens (including phenoxy) is 2. The lowest BCUT2D eigenvalue weighted by atomic mass is 9.84. The summed E-state index contributed by atoms with van der Waals surface area (Å²) < 4.78 is 11.1. The molecule has 44 heavy (non-hydrogen) atoms. The molecule has 0 saturated carbocycles. The third-order valence-electron chi connectivity index (χ3n) is 7.76. The van der Waals surface area contributed by atoms with Crippen molar-refractivity contribution in [1.82, 2.24) is 10.6 Å². The lowest BCUT2D eigenvalue weighted by Crippen LogP contribution is -2.48. The molecule has 3 N–H and O–H groups in total. The quantitative estimate of drug-likeness (QED) is 0.164. The summed E-state index contributed by atoms with van der Waals surface area (Å²) in [6.07, 6.45) is 0.977. The predicted molar refractivity (Wildman–Crippen MR) is 176 cm³/mol. The van der Waals surface area contributed by atoms with Crippen molar-refractivity contribution < 1.29 is 19.1 Å². The van der Waals surface area contributed by atoms with Gasteiger partial charge in [-0.25, -0.2) is 4.79 Å². The van der Waals surface area contributed by atoms with Crippen LogP contribution in [0.25, 0.3) is 0 Å². The number of carbonyl (C=O) groups is 2. The molecule has 5 rings (SSSR count). The summed E-state index contributed by atoms with van der Waals surface area (Å²) in [6, 6.07) is 37.1. The summed E-state index contributed by atoms with van der Waals surface area (Å²) in [6.45, 7) is 1.46. The molecule has 1 aliphatic heterocycles. The Morgan fingerprint density at radius 3 is 2.11 bits per heavy atom. The highest BCUT2D eigenvalue weighted by molar-refractivity contribution is 7.99. The average Bonchev–Trinajstić information content (AvgIpc) is 3.08. The minimum Gasteiger partial charge on any atom is -0.453 e. The Balaban J connectivity index is 1.24. The van der Waals surface area contributed by atoms with Crippen LogP contribution in [0.4, 0.5) is 10.5 Å². The van der Waals surface area contributed by atoms with Crippen LogP contribution >= 0.6 is 11.8 Å². The van der Waals surface area contributed by atoms with Crippen LogP contribution in [0.15, 0.2) is 120 Å². The van der Waals surface area contributed by atoms with Gasteiger partial charge in [-0.2, -0.15) is 0 Å². The minimum atomic E-state index is -0.920. The second-order valence-corrected chi connectivity index (χ2v) is 11.9. The van der Waals surface area contributed by atoms with Gasteiger partial charge < -0.3 is 25.4 Å². The number of rotatable bonds is 12. The Labute approximate surface area is 263 Å². The monoisotopic (exact) mass is 609 g/mol. The zero-order valence-electron chi connectivity index (χ0n) is 24.9. The van der Waals surface area contributed by atoms with E-state index in [0.717, 1.165) is 47.5 Å². The maximum Gasteiger partial charge on any atom is 0.407 e. The van der Waals surface area contributed by atoms with E-state index in [4.69, 9.17) is 9.47 Å². The van der Waals surface area contributed by atoms with E-state index in [-0.39, 0.29) is 12.0 Å². The Morgan fingerprint density at radius 1 is 0.886 bits per heavy atom. The molecular formula is C36H39N3O4S. The maximum atomic E-state index is 14.0. The van der Waals surface area contributed by atoms with Crippen molar-refractivity contribution in [1.29, 1.82) is 0 Å². The van der Waals surface area contributed by atoms with Gasteiger partial charge in [0.1, 0.15) is 6.04 Å². The molecular weight excluding hydrogens is 570 g/mol. The first kappa shape index (κ1) is 31.3. The highest BCUT2D eigenvalue weighted by Gasteiger charge is 2.33. The van der Waals surface area contributed by atoms with Gasteiger partial charge in [0.15, 0.2) is 0 Å². The number of alkyl carbamates (subject to hydrolysis) is 1. The fourth-order valence-electron chi connectivity index (χ4n) is 5.45. The number of aryl methyl sites for hydroxylation is 1. The van der Waals surface area contributed by atoms with Crippen molar-refractivity contribution in [2.24, 2.45) is 0 Å². The maximum absolute atomic E-state index is 14.0. The molecule has 4 aromatic rings. The summed E-state index contributed by atoms with van der Waals surface area (Å²) in [7, 11) is 1.30. The molecule has 1 heterocycles. The first-order valence-corrected chi connectivity index (χ1v) is 15.9. The molecule has 3 unspecified atom stereocenters. The number of para-hydroxylation sites is 1. The number of amides is 2. The molecule has 8 heteroatoms. The van der Waals surface area contributed by atoms with Crippen molar-refractivity contribution in [2.75, 3.05) is 31.3 Å². The van der Waals surface area contributed by atoms with Crippen molar-refractivity contribution in [3.63, 3.8) is 0 Å². The normalized spacial score (nSPS) is 17.0. The summed E-state index contributed by atoms with van der Waals surface area (Å²) in [4.78, 5) is 27.7. The van der Waals surface area contributed by atoms with Crippen LogP contribution in [0.2, 0.25) is 0 Å². The Hall–Kier alpha value is -4.11. The Kier molecular flexibility index (Phi) is 11.5. The van der Waals surface area contributed by atoms with Gasteiger partial charge in [-0.3, -0.25) is 4.79 Å².